The molecular weight excluding hydrogens is 208 g/mol. The average Bonchev–Trinajstić information content (AvgIpc) is 2.43. The van der Waals surface area contributed by atoms with Crippen LogP contribution < -0.4 is 0 Å². The molecule has 0 amide bonds. The summed E-state index contributed by atoms with van der Waals surface area (Å²) in [5, 5.41) is 0. The Morgan fingerprint density at radius 3 is 1.29 bits per heavy atom. The van der Waals surface area contributed by atoms with E-state index in [0.717, 1.165) is 6.29 Å². The van der Waals surface area contributed by atoms with Crippen molar-refractivity contribution in [3.05, 3.63) is 72.3 Å². The van der Waals surface area contributed by atoms with Crippen LogP contribution in [0.15, 0.2) is 66.7 Å². The predicted octanol–water partition coefficient (Wildman–Crippen LogP) is 4.28. The van der Waals surface area contributed by atoms with Gasteiger partial charge in [-0.1, -0.05) is 79.2 Å². The fourth-order valence-corrected chi connectivity index (χ4v) is 0.919. The summed E-state index contributed by atoms with van der Waals surface area (Å²) in [6, 6.07) is 22.3. The van der Waals surface area contributed by atoms with Gasteiger partial charge in [-0.25, -0.2) is 0 Å². The van der Waals surface area contributed by atoms with Gasteiger partial charge in [0.15, 0.2) is 0 Å². The first-order valence-electron chi connectivity index (χ1n) is 5.76. The highest BCUT2D eigenvalue weighted by molar-refractivity contribution is 5.48. The van der Waals surface area contributed by atoms with Gasteiger partial charge in [0, 0.05) is 6.42 Å². The van der Waals surface area contributed by atoms with Gasteiger partial charge in [-0.3, -0.25) is 0 Å². The summed E-state index contributed by atoms with van der Waals surface area (Å²) in [4.78, 5) is 9.17. The molecule has 0 unspecified atom stereocenters. The molecule has 0 fully saturated rings. The molecule has 0 aliphatic carbocycles. The van der Waals surface area contributed by atoms with Crippen LogP contribution in [-0.2, 0) is 4.79 Å². The average molecular weight is 228 g/mol. The Kier molecular flexibility index (Phi) is 10.8. The summed E-state index contributed by atoms with van der Waals surface area (Å²) in [7, 11) is 0. The van der Waals surface area contributed by atoms with Crippen molar-refractivity contribution in [2.24, 2.45) is 0 Å². The van der Waals surface area contributed by atoms with Crippen LogP contribution in [0.1, 0.15) is 18.9 Å². The van der Waals surface area contributed by atoms with Crippen LogP contribution in [0.25, 0.3) is 0 Å². The first-order chi connectivity index (χ1) is 8.31. The normalized spacial score (nSPS) is 7.88. The Hall–Kier alpha value is -1.89. The third kappa shape index (κ3) is 12.0. The molecule has 0 spiro atoms. The van der Waals surface area contributed by atoms with Crippen LogP contribution in [0, 0.1) is 6.92 Å². The fraction of sp³-hybridized carbons (Fsp3) is 0.188. The highest BCUT2D eigenvalue weighted by Gasteiger charge is 1.72. The van der Waals surface area contributed by atoms with Gasteiger partial charge in [0.25, 0.3) is 0 Å². The Bertz CT molecular complexity index is 327. The molecule has 0 radical (unpaired) electrons. The molecule has 0 heterocycles. The van der Waals surface area contributed by atoms with E-state index >= 15 is 0 Å². The largest absolute Gasteiger partial charge is 0.303 e. The third-order valence-corrected chi connectivity index (χ3v) is 1.77. The predicted molar refractivity (Wildman–Crippen MR) is 74.0 cm³/mol. The molecule has 1 nitrogen and oxygen atoms in total. The lowest BCUT2D eigenvalue weighted by Crippen LogP contribution is -1.62. The zero-order valence-corrected chi connectivity index (χ0v) is 10.5. The summed E-state index contributed by atoms with van der Waals surface area (Å²) < 4.78 is 0. The van der Waals surface area contributed by atoms with Gasteiger partial charge in [-0.05, 0) is 6.92 Å². The monoisotopic (exact) mass is 228 g/mol. The third-order valence-electron chi connectivity index (χ3n) is 1.77. The molecule has 2 aromatic carbocycles. The van der Waals surface area contributed by atoms with Gasteiger partial charge in [-0.15, -0.1) is 0 Å². The van der Waals surface area contributed by atoms with Gasteiger partial charge < -0.3 is 4.79 Å². The molecule has 0 atom stereocenters. The lowest BCUT2D eigenvalue weighted by molar-refractivity contribution is -0.107. The van der Waals surface area contributed by atoms with E-state index in [9.17, 15) is 4.79 Å². The van der Waals surface area contributed by atoms with Gasteiger partial charge in [0.05, 0.1) is 0 Å². The van der Waals surface area contributed by atoms with Crippen LogP contribution in [0.5, 0.6) is 0 Å². The van der Waals surface area contributed by atoms with E-state index in [1.165, 1.54) is 5.56 Å². The summed E-state index contributed by atoms with van der Waals surface area (Å²) in [6.07, 6.45) is 1.51. The molecule has 0 aliphatic heterocycles. The minimum atomic E-state index is 0.639. The maximum Gasteiger partial charge on any atom is 0.119 e. The molecule has 90 valence electrons. The number of benzene rings is 2. The van der Waals surface area contributed by atoms with E-state index < -0.39 is 0 Å². The molecule has 2 aromatic rings. The lowest BCUT2D eigenvalue weighted by atomic mass is 10.2. The van der Waals surface area contributed by atoms with Crippen molar-refractivity contribution in [2.45, 2.75) is 20.3 Å². The van der Waals surface area contributed by atoms with E-state index in [1.54, 1.807) is 0 Å². The Balaban J connectivity index is 0.000000236. The smallest absolute Gasteiger partial charge is 0.119 e. The van der Waals surface area contributed by atoms with E-state index in [0.29, 0.717) is 6.42 Å². The molecule has 0 aromatic heterocycles. The van der Waals surface area contributed by atoms with Crippen LogP contribution in [0.2, 0.25) is 0 Å². The van der Waals surface area contributed by atoms with Gasteiger partial charge in [-0.2, -0.15) is 0 Å². The van der Waals surface area contributed by atoms with E-state index in [1.807, 2.05) is 61.5 Å². The Labute approximate surface area is 104 Å². The summed E-state index contributed by atoms with van der Waals surface area (Å²) in [5.41, 5.74) is 1.32. The molecule has 0 saturated heterocycles. The van der Waals surface area contributed by atoms with Crippen LogP contribution in [0.3, 0.4) is 0 Å². The second kappa shape index (κ2) is 12.2. The minimum absolute atomic E-state index is 0.639. The van der Waals surface area contributed by atoms with Gasteiger partial charge >= 0.3 is 0 Å². The first kappa shape index (κ1) is 15.1. The maximum absolute atomic E-state index is 9.17. The topological polar surface area (TPSA) is 17.1 Å². The van der Waals surface area contributed by atoms with Crippen molar-refractivity contribution in [3.63, 3.8) is 0 Å². The summed E-state index contributed by atoms with van der Waals surface area (Å²) >= 11 is 0. The number of carbonyl (C=O) groups is 1. The molecule has 17 heavy (non-hydrogen) atoms. The van der Waals surface area contributed by atoms with Crippen molar-refractivity contribution < 1.29 is 4.79 Å². The molecule has 0 N–H and O–H groups in total. The van der Waals surface area contributed by atoms with E-state index in [4.69, 9.17) is 0 Å². The van der Waals surface area contributed by atoms with E-state index in [2.05, 4.69) is 19.1 Å². The van der Waals surface area contributed by atoms with E-state index in [-0.39, 0.29) is 0 Å². The molecular formula is C16H20O. The maximum atomic E-state index is 9.17. The van der Waals surface area contributed by atoms with Crippen molar-refractivity contribution in [1.82, 2.24) is 0 Å². The molecule has 2 rings (SSSR count). The Morgan fingerprint density at radius 1 is 0.824 bits per heavy atom. The van der Waals surface area contributed by atoms with Crippen LogP contribution >= 0.6 is 0 Å². The summed E-state index contributed by atoms with van der Waals surface area (Å²) in [5.74, 6) is 0. The van der Waals surface area contributed by atoms with Gasteiger partial charge in [0.1, 0.15) is 6.29 Å². The standard InChI is InChI=1S/C7H8.C6H6.C3H6O/c1-7-5-3-2-4-6-7;1-2-4-6-5-3-1;1-2-3-4/h2-6H,1H3;1-6H;3H,2H2,1H3. The second-order valence-corrected chi connectivity index (χ2v) is 3.38. The zero-order chi connectivity index (χ0) is 12.8. The molecule has 0 saturated carbocycles. The van der Waals surface area contributed by atoms with Crippen LogP contribution in [-0.4, -0.2) is 6.29 Å². The number of aryl methyl sites for hydroxylation is 1. The number of hydrogen-bond donors (Lipinski definition) is 0. The van der Waals surface area contributed by atoms with Crippen molar-refractivity contribution in [1.29, 1.82) is 0 Å². The minimum Gasteiger partial charge on any atom is -0.303 e. The molecule has 0 bridgehead atoms. The number of aldehydes is 1. The molecule has 1 heteroatoms. The lowest BCUT2D eigenvalue weighted by Gasteiger charge is -1.82. The highest BCUT2D eigenvalue weighted by atomic mass is 16.1. The SMILES string of the molecule is CCC=O.Cc1ccccc1.c1ccccc1. The highest BCUT2D eigenvalue weighted by Crippen LogP contribution is 1.92. The van der Waals surface area contributed by atoms with Gasteiger partial charge in [0.2, 0.25) is 0 Å². The van der Waals surface area contributed by atoms with Crippen molar-refractivity contribution in [3.8, 4) is 0 Å². The molecule has 0 aliphatic rings. The van der Waals surface area contributed by atoms with Crippen LogP contribution in [0.4, 0.5) is 0 Å². The number of rotatable bonds is 1. The Morgan fingerprint density at radius 2 is 1.12 bits per heavy atom. The number of hydrogen-bond acceptors (Lipinski definition) is 1. The first-order valence-corrected chi connectivity index (χ1v) is 5.76. The summed E-state index contributed by atoms with van der Waals surface area (Å²) in [6.45, 7) is 3.90. The zero-order valence-electron chi connectivity index (χ0n) is 10.5. The van der Waals surface area contributed by atoms with Crippen molar-refractivity contribution in [2.75, 3.05) is 0 Å². The second-order valence-electron chi connectivity index (χ2n) is 3.38. The van der Waals surface area contributed by atoms with Crippen molar-refractivity contribution >= 4 is 6.29 Å². The number of carbonyl (C=O) groups excluding carboxylic acids is 1. The quantitative estimate of drug-likeness (QED) is 0.666. The fourth-order valence-electron chi connectivity index (χ4n) is 0.919.